The van der Waals surface area contributed by atoms with Crippen molar-refractivity contribution in [2.24, 2.45) is 0 Å². The number of nitrogens with zero attached hydrogens (tertiary/aromatic N) is 1. The number of aliphatic hydroxyl groups is 1. The van der Waals surface area contributed by atoms with Gasteiger partial charge in [0.1, 0.15) is 0 Å². The van der Waals surface area contributed by atoms with E-state index in [0.29, 0.717) is 5.02 Å². The molecule has 0 aromatic heterocycles. The maximum Gasteiger partial charge on any atom is 0.332 e. The standard InChI is InChI=1S/C24H27ClN2O7S/c1-35(33,34)20-9-10-27(14-20)23(30)22(29)26-19(13-21(28)24(31)32)11-15-5-7-16(8-6-15)17-3-2-4-18(25)12-17/h2-8,12,19-21,28H,9-11,13-14H2,1H3,(H,26,29)(H,31,32)/t19-,20?,21-/m1/s1. The Morgan fingerprint density at radius 1 is 1.14 bits per heavy atom. The number of sulfone groups is 1. The molecular formula is C24H27ClN2O7S. The van der Waals surface area contributed by atoms with Crippen molar-refractivity contribution in [3.05, 3.63) is 59.1 Å². The van der Waals surface area contributed by atoms with Gasteiger partial charge in [-0.3, -0.25) is 9.59 Å². The third kappa shape index (κ3) is 7.27. The van der Waals surface area contributed by atoms with Gasteiger partial charge in [-0.25, -0.2) is 13.2 Å². The van der Waals surface area contributed by atoms with Crippen LogP contribution in [0.5, 0.6) is 0 Å². The van der Waals surface area contributed by atoms with E-state index in [1.54, 1.807) is 6.07 Å². The van der Waals surface area contributed by atoms with E-state index in [1.165, 1.54) is 4.90 Å². The van der Waals surface area contributed by atoms with Gasteiger partial charge in [0, 0.05) is 36.8 Å². The predicted octanol–water partition coefficient (Wildman–Crippen LogP) is 1.52. The number of likely N-dealkylation sites (tertiary alicyclic amines) is 1. The normalized spacial score (nSPS) is 17.6. The van der Waals surface area contributed by atoms with E-state index in [-0.39, 0.29) is 32.4 Å². The molecule has 9 nitrogen and oxygen atoms in total. The minimum Gasteiger partial charge on any atom is -0.479 e. The number of carbonyl (C=O) groups is 3. The van der Waals surface area contributed by atoms with Gasteiger partial charge >= 0.3 is 17.8 Å². The molecule has 0 spiro atoms. The third-order valence-electron chi connectivity index (χ3n) is 5.95. The summed E-state index contributed by atoms with van der Waals surface area (Å²) >= 11 is 6.05. The lowest BCUT2D eigenvalue weighted by Crippen LogP contribution is -2.48. The molecule has 3 N–H and O–H groups in total. The average Bonchev–Trinajstić information content (AvgIpc) is 3.30. The van der Waals surface area contributed by atoms with E-state index < -0.39 is 45.0 Å². The minimum absolute atomic E-state index is 0.0710. The Balaban J connectivity index is 1.70. The fourth-order valence-corrected chi connectivity index (χ4v) is 5.18. The quantitative estimate of drug-likeness (QED) is 0.446. The Morgan fingerprint density at radius 3 is 2.40 bits per heavy atom. The van der Waals surface area contributed by atoms with Gasteiger partial charge in [0.25, 0.3) is 0 Å². The Kier molecular flexibility index (Phi) is 8.52. The van der Waals surface area contributed by atoms with Gasteiger partial charge in [0.15, 0.2) is 15.9 Å². The molecule has 1 unspecified atom stereocenters. The SMILES string of the molecule is CS(=O)(=O)C1CCN(C(=O)C(=O)N[C@H](Cc2ccc(-c3cccc(Cl)c3)cc2)C[C@@H](O)C(=O)O)C1. The van der Waals surface area contributed by atoms with Crippen LogP contribution in [0.15, 0.2) is 48.5 Å². The van der Waals surface area contributed by atoms with Crippen molar-refractivity contribution in [2.45, 2.75) is 36.7 Å². The highest BCUT2D eigenvalue weighted by atomic mass is 35.5. The summed E-state index contributed by atoms with van der Waals surface area (Å²) in [5.41, 5.74) is 2.58. The number of amides is 2. The Labute approximate surface area is 208 Å². The topological polar surface area (TPSA) is 141 Å². The molecule has 1 heterocycles. The molecule has 2 aromatic carbocycles. The molecule has 3 atom stereocenters. The van der Waals surface area contributed by atoms with Crippen molar-refractivity contribution in [3.8, 4) is 11.1 Å². The molecule has 11 heteroatoms. The van der Waals surface area contributed by atoms with Gasteiger partial charge in [0.05, 0.1) is 5.25 Å². The lowest BCUT2D eigenvalue weighted by Gasteiger charge is -2.22. The summed E-state index contributed by atoms with van der Waals surface area (Å²) in [5.74, 6) is -3.30. The zero-order valence-electron chi connectivity index (χ0n) is 19.1. The molecule has 3 rings (SSSR count). The lowest BCUT2D eigenvalue weighted by molar-refractivity contribution is -0.148. The molecule has 1 fully saturated rings. The molecule has 2 aromatic rings. The fraction of sp³-hybridized carbons (Fsp3) is 0.375. The number of carboxylic acids is 1. The number of carbonyl (C=O) groups excluding carboxylic acids is 2. The molecule has 35 heavy (non-hydrogen) atoms. The second-order valence-electron chi connectivity index (χ2n) is 8.66. The summed E-state index contributed by atoms with van der Waals surface area (Å²) in [6.45, 7) is 0.0653. The molecule has 0 aliphatic carbocycles. The second-order valence-corrected chi connectivity index (χ2v) is 11.4. The Hall–Kier alpha value is -2.95. The average molecular weight is 523 g/mol. The van der Waals surface area contributed by atoms with Gasteiger partial charge in [-0.15, -0.1) is 0 Å². The van der Waals surface area contributed by atoms with E-state index in [4.69, 9.17) is 16.7 Å². The van der Waals surface area contributed by atoms with Crippen LogP contribution in [-0.2, 0) is 30.6 Å². The number of nitrogens with one attached hydrogen (secondary N) is 1. The number of aliphatic hydroxyl groups excluding tert-OH is 1. The van der Waals surface area contributed by atoms with Gasteiger partial charge in [-0.2, -0.15) is 0 Å². The number of carboxylic acid groups (broad SMARTS) is 1. The molecule has 0 bridgehead atoms. The summed E-state index contributed by atoms with van der Waals surface area (Å²) in [5, 5.41) is 21.3. The molecule has 1 aliphatic rings. The highest BCUT2D eigenvalue weighted by molar-refractivity contribution is 7.91. The predicted molar refractivity (Wildman–Crippen MR) is 131 cm³/mol. The van der Waals surface area contributed by atoms with E-state index in [9.17, 15) is 27.9 Å². The maximum atomic E-state index is 12.6. The summed E-state index contributed by atoms with van der Waals surface area (Å²) in [6.07, 6.45) is -0.533. The van der Waals surface area contributed by atoms with Crippen molar-refractivity contribution in [2.75, 3.05) is 19.3 Å². The number of hydrogen-bond acceptors (Lipinski definition) is 6. The molecule has 188 valence electrons. The highest BCUT2D eigenvalue weighted by Gasteiger charge is 2.35. The van der Waals surface area contributed by atoms with Gasteiger partial charge < -0.3 is 20.4 Å². The molecule has 0 radical (unpaired) electrons. The largest absolute Gasteiger partial charge is 0.479 e. The molecular weight excluding hydrogens is 496 g/mol. The van der Waals surface area contributed by atoms with Crippen LogP contribution in [-0.4, -0.2) is 78.1 Å². The maximum absolute atomic E-state index is 12.6. The first kappa shape index (κ1) is 26.7. The smallest absolute Gasteiger partial charge is 0.332 e. The molecule has 1 aliphatic heterocycles. The van der Waals surface area contributed by atoms with Crippen LogP contribution >= 0.6 is 11.6 Å². The van der Waals surface area contributed by atoms with Crippen LogP contribution in [0.4, 0.5) is 0 Å². The molecule has 1 saturated heterocycles. The van der Waals surface area contributed by atoms with Crippen molar-refractivity contribution in [1.29, 1.82) is 0 Å². The highest BCUT2D eigenvalue weighted by Crippen LogP contribution is 2.23. The van der Waals surface area contributed by atoms with Crippen molar-refractivity contribution >= 4 is 39.2 Å². The van der Waals surface area contributed by atoms with Crippen LogP contribution in [0.2, 0.25) is 5.02 Å². The van der Waals surface area contributed by atoms with Crippen LogP contribution in [0, 0.1) is 0 Å². The van der Waals surface area contributed by atoms with Gasteiger partial charge in [-0.1, -0.05) is 48.0 Å². The van der Waals surface area contributed by atoms with E-state index in [0.717, 1.165) is 22.9 Å². The zero-order valence-corrected chi connectivity index (χ0v) is 20.6. The zero-order chi connectivity index (χ0) is 25.8. The summed E-state index contributed by atoms with van der Waals surface area (Å²) in [6, 6.07) is 13.8. The monoisotopic (exact) mass is 522 g/mol. The Morgan fingerprint density at radius 2 is 1.83 bits per heavy atom. The van der Waals surface area contributed by atoms with Crippen molar-refractivity contribution in [3.63, 3.8) is 0 Å². The van der Waals surface area contributed by atoms with Gasteiger partial charge in [0.2, 0.25) is 0 Å². The first-order chi connectivity index (χ1) is 16.4. The van der Waals surface area contributed by atoms with E-state index in [2.05, 4.69) is 5.32 Å². The number of benzene rings is 2. The Bertz CT molecular complexity index is 1200. The first-order valence-electron chi connectivity index (χ1n) is 11.0. The van der Waals surface area contributed by atoms with Gasteiger partial charge in [-0.05, 0) is 41.7 Å². The number of rotatable bonds is 8. The minimum atomic E-state index is -3.34. The van der Waals surface area contributed by atoms with Crippen LogP contribution < -0.4 is 5.32 Å². The second kappa shape index (κ2) is 11.2. The fourth-order valence-electron chi connectivity index (χ4n) is 4.00. The number of hydrogen-bond donors (Lipinski definition) is 3. The van der Waals surface area contributed by atoms with E-state index >= 15 is 0 Å². The third-order valence-corrected chi connectivity index (χ3v) is 7.78. The van der Waals surface area contributed by atoms with Crippen LogP contribution in [0.3, 0.4) is 0 Å². The van der Waals surface area contributed by atoms with Crippen LogP contribution in [0.25, 0.3) is 11.1 Å². The first-order valence-corrected chi connectivity index (χ1v) is 13.3. The number of aliphatic carboxylic acids is 1. The lowest BCUT2D eigenvalue weighted by atomic mass is 9.98. The molecule has 0 saturated carbocycles. The van der Waals surface area contributed by atoms with Crippen molar-refractivity contribution in [1.82, 2.24) is 10.2 Å². The summed E-state index contributed by atoms with van der Waals surface area (Å²) in [7, 11) is -3.34. The summed E-state index contributed by atoms with van der Waals surface area (Å²) in [4.78, 5) is 37.5. The van der Waals surface area contributed by atoms with E-state index in [1.807, 2.05) is 42.5 Å². The van der Waals surface area contributed by atoms with Crippen LogP contribution in [0.1, 0.15) is 18.4 Å². The summed E-state index contributed by atoms with van der Waals surface area (Å²) < 4.78 is 23.5. The number of halogens is 1. The van der Waals surface area contributed by atoms with Crippen molar-refractivity contribution < 1.29 is 33.0 Å². The molecule has 2 amide bonds.